The number of amides is 2. The lowest BCUT2D eigenvalue weighted by Gasteiger charge is -2.43. The number of hydrogen-bond donors (Lipinski definition) is 1. The highest BCUT2D eigenvalue weighted by atomic mass is 16.2. The highest BCUT2D eigenvalue weighted by molar-refractivity contribution is 5.89. The van der Waals surface area contributed by atoms with Crippen LogP contribution in [-0.2, 0) is 6.54 Å². The highest BCUT2D eigenvalue weighted by Crippen LogP contribution is 2.40. The number of hydrogen-bond acceptors (Lipinski definition) is 3. The van der Waals surface area contributed by atoms with Crippen molar-refractivity contribution in [3.63, 3.8) is 0 Å². The van der Waals surface area contributed by atoms with Gasteiger partial charge in [0.2, 0.25) is 0 Å². The van der Waals surface area contributed by atoms with Gasteiger partial charge in [-0.05, 0) is 48.2 Å². The highest BCUT2D eigenvalue weighted by Gasteiger charge is 2.37. The van der Waals surface area contributed by atoms with Crippen molar-refractivity contribution in [3.05, 3.63) is 88.3 Å². The molecule has 2 aliphatic rings. The van der Waals surface area contributed by atoms with Crippen LogP contribution in [0.25, 0.3) is 11.1 Å². The Morgan fingerprint density at radius 3 is 2.65 bits per heavy atom. The molecule has 6 nitrogen and oxygen atoms in total. The second kappa shape index (κ2) is 7.77. The van der Waals surface area contributed by atoms with E-state index < -0.39 is 0 Å². The van der Waals surface area contributed by atoms with Crippen LogP contribution in [0.15, 0.2) is 71.5 Å². The van der Waals surface area contributed by atoms with E-state index in [4.69, 9.17) is 0 Å². The smallest absolute Gasteiger partial charge is 0.321 e. The number of urea groups is 1. The number of pyridine rings is 1. The Bertz CT molecular complexity index is 1240. The molecule has 2 aliphatic heterocycles. The molecule has 0 saturated carbocycles. The molecule has 3 heterocycles. The number of carbonyl (C=O) groups is 1. The number of likely N-dealkylation sites (tertiary alicyclic amines) is 1. The minimum absolute atomic E-state index is 0.00734. The lowest BCUT2D eigenvalue weighted by Crippen LogP contribution is -2.50. The number of nitriles is 1. The topological polar surface area (TPSA) is 78.1 Å². The third-order valence-electron chi connectivity index (χ3n) is 6.20. The van der Waals surface area contributed by atoms with Crippen molar-refractivity contribution >= 4 is 11.7 Å². The van der Waals surface area contributed by atoms with E-state index in [0.29, 0.717) is 25.2 Å². The maximum absolute atomic E-state index is 12.9. The van der Waals surface area contributed by atoms with Gasteiger partial charge in [-0.2, -0.15) is 5.26 Å². The Kier molecular flexibility index (Phi) is 4.79. The first-order valence-electron chi connectivity index (χ1n) is 10.5. The average molecular weight is 410 g/mol. The normalized spacial score (nSPS) is 19.3. The van der Waals surface area contributed by atoms with Crippen LogP contribution in [0.2, 0.25) is 0 Å². The predicted octanol–water partition coefficient (Wildman–Crippen LogP) is 4.04. The number of piperidine rings is 1. The van der Waals surface area contributed by atoms with Crippen LogP contribution < -0.4 is 10.9 Å². The first-order valence-corrected chi connectivity index (χ1v) is 10.5. The van der Waals surface area contributed by atoms with Gasteiger partial charge < -0.3 is 14.8 Å². The van der Waals surface area contributed by atoms with Crippen LogP contribution in [0.5, 0.6) is 0 Å². The van der Waals surface area contributed by atoms with E-state index in [1.165, 1.54) is 0 Å². The van der Waals surface area contributed by atoms with Gasteiger partial charge in [0.05, 0.1) is 11.6 Å². The van der Waals surface area contributed by atoms with Gasteiger partial charge in [0.1, 0.15) is 0 Å². The van der Waals surface area contributed by atoms with Crippen LogP contribution in [0.4, 0.5) is 10.5 Å². The van der Waals surface area contributed by atoms with Crippen molar-refractivity contribution in [3.8, 4) is 17.2 Å². The van der Waals surface area contributed by atoms with Crippen LogP contribution >= 0.6 is 0 Å². The molecule has 1 saturated heterocycles. The molecule has 2 atom stereocenters. The molecule has 31 heavy (non-hydrogen) atoms. The van der Waals surface area contributed by atoms with Gasteiger partial charge in [0.15, 0.2) is 0 Å². The molecule has 5 rings (SSSR count). The van der Waals surface area contributed by atoms with Gasteiger partial charge in [0.25, 0.3) is 5.56 Å². The molecule has 2 amide bonds. The predicted molar refractivity (Wildman–Crippen MR) is 119 cm³/mol. The van der Waals surface area contributed by atoms with E-state index in [2.05, 4.69) is 11.4 Å². The molecule has 1 aromatic heterocycles. The number of aromatic nitrogens is 1. The molecule has 0 spiro atoms. The zero-order chi connectivity index (χ0) is 21.4. The van der Waals surface area contributed by atoms with Gasteiger partial charge >= 0.3 is 6.03 Å². The third-order valence-corrected chi connectivity index (χ3v) is 6.20. The first kappa shape index (κ1) is 19.1. The van der Waals surface area contributed by atoms with Crippen molar-refractivity contribution in [1.82, 2.24) is 9.47 Å². The van der Waals surface area contributed by atoms with Crippen LogP contribution in [0, 0.1) is 17.2 Å². The maximum Gasteiger partial charge on any atom is 0.321 e. The Labute approximate surface area is 180 Å². The van der Waals surface area contributed by atoms with Gasteiger partial charge in [0, 0.05) is 48.6 Å². The van der Waals surface area contributed by atoms with E-state index in [1.807, 2.05) is 64.1 Å². The summed E-state index contributed by atoms with van der Waals surface area (Å²) in [5.41, 5.74) is 4.21. The van der Waals surface area contributed by atoms with Crippen molar-refractivity contribution in [2.45, 2.75) is 18.9 Å². The van der Waals surface area contributed by atoms with Gasteiger partial charge in [-0.3, -0.25) is 4.79 Å². The van der Waals surface area contributed by atoms with Crippen LogP contribution in [0.1, 0.15) is 23.6 Å². The standard InChI is InChI=1S/C25H22N4O2/c26-13-17-5-4-6-19(11-17)22-9-10-23(30)29-15-18-12-20(24(22)29)16-28(14-18)25(31)27-21-7-2-1-3-8-21/h1-11,18,20H,12,14-16H2,(H,27,31). The number of carbonyl (C=O) groups excluding carboxylic acids is 1. The van der Waals surface area contributed by atoms with Gasteiger partial charge in [-0.15, -0.1) is 0 Å². The number of nitrogens with one attached hydrogen (secondary N) is 1. The Balaban J connectivity index is 1.49. The molecule has 154 valence electrons. The van der Waals surface area contributed by atoms with E-state index in [-0.39, 0.29) is 23.4 Å². The zero-order valence-corrected chi connectivity index (χ0v) is 17.0. The molecular formula is C25H22N4O2. The summed E-state index contributed by atoms with van der Waals surface area (Å²) < 4.78 is 1.87. The number of fused-ring (bicyclic) bond motifs is 4. The third kappa shape index (κ3) is 3.59. The second-order valence-electron chi connectivity index (χ2n) is 8.27. The average Bonchev–Trinajstić information content (AvgIpc) is 2.80. The summed E-state index contributed by atoms with van der Waals surface area (Å²) >= 11 is 0. The fourth-order valence-electron chi connectivity index (χ4n) is 4.91. The number of para-hydroxylation sites is 1. The molecule has 1 N–H and O–H groups in total. The van der Waals surface area contributed by atoms with E-state index in [0.717, 1.165) is 28.9 Å². The van der Waals surface area contributed by atoms with Gasteiger partial charge in [-0.25, -0.2) is 4.79 Å². The number of anilines is 1. The van der Waals surface area contributed by atoms with Crippen LogP contribution in [0.3, 0.4) is 0 Å². The fraction of sp³-hybridized carbons (Fsp3) is 0.240. The lowest BCUT2D eigenvalue weighted by atomic mass is 9.80. The quantitative estimate of drug-likeness (QED) is 0.693. The largest absolute Gasteiger partial charge is 0.324 e. The second-order valence-corrected chi connectivity index (χ2v) is 8.27. The molecule has 2 aromatic carbocycles. The van der Waals surface area contributed by atoms with E-state index in [1.54, 1.807) is 12.1 Å². The molecule has 0 radical (unpaired) electrons. The van der Waals surface area contributed by atoms with Crippen molar-refractivity contribution in [2.24, 2.45) is 5.92 Å². The SMILES string of the molecule is N#Cc1cccc(-c2ccc(=O)n3c2C2CC(CN(C(=O)Nc4ccccc4)C2)C3)c1. The van der Waals surface area contributed by atoms with Crippen molar-refractivity contribution in [2.75, 3.05) is 18.4 Å². The summed E-state index contributed by atoms with van der Waals surface area (Å²) in [6.07, 6.45) is 0.948. The van der Waals surface area contributed by atoms with Crippen molar-refractivity contribution in [1.29, 1.82) is 5.26 Å². The Morgan fingerprint density at radius 2 is 1.84 bits per heavy atom. The van der Waals surface area contributed by atoms with Crippen molar-refractivity contribution < 1.29 is 4.79 Å². The number of benzene rings is 2. The molecule has 1 fully saturated rings. The number of rotatable bonds is 2. The molecule has 2 bridgehead atoms. The Hall–Kier alpha value is -3.85. The van der Waals surface area contributed by atoms with E-state index in [9.17, 15) is 14.9 Å². The lowest BCUT2D eigenvalue weighted by molar-refractivity contribution is 0.140. The minimum Gasteiger partial charge on any atom is -0.324 e. The summed E-state index contributed by atoms with van der Waals surface area (Å²) in [5.74, 6) is 0.315. The minimum atomic E-state index is -0.111. The number of nitrogens with zero attached hydrogens (tertiary/aromatic N) is 3. The molecule has 6 heteroatoms. The fourth-order valence-corrected chi connectivity index (χ4v) is 4.91. The van der Waals surface area contributed by atoms with Crippen LogP contribution in [-0.4, -0.2) is 28.6 Å². The Morgan fingerprint density at radius 1 is 1.00 bits per heavy atom. The summed E-state index contributed by atoms with van der Waals surface area (Å²) in [7, 11) is 0. The molecule has 0 aliphatic carbocycles. The molecular weight excluding hydrogens is 388 g/mol. The first-order chi connectivity index (χ1) is 15.1. The van der Waals surface area contributed by atoms with E-state index >= 15 is 0 Å². The molecule has 3 aromatic rings. The van der Waals surface area contributed by atoms with Gasteiger partial charge in [-0.1, -0.05) is 30.3 Å². The monoisotopic (exact) mass is 410 g/mol. The summed E-state index contributed by atoms with van der Waals surface area (Å²) in [5, 5.41) is 12.3. The maximum atomic E-state index is 12.9. The summed E-state index contributed by atoms with van der Waals surface area (Å²) in [6.45, 7) is 1.80. The zero-order valence-electron chi connectivity index (χ0n) is 17.0. The summed E-state index contributed by atoms with van der Waals surface area (Å²) in [4.78, 5) is 27.5. The molecule has 2 unspecified atom stereocenters. The summed E-state index contributed by atoms with van der Waals surface area (Å²) in [6, 6.07) is 22.5.